The summed E-state index contributed by atoms with van der Waals surface area (Å²) in [6.45, 7) is 2.26. The summed E-state index contributed by atoms with van der Waals surface area (Å²) in [5.74, 6) is 2.03. The van der Waals surface area contributed by atoms with Crippen LogP contribution in [0.3, 0.4) is 0 Å². The molecule has 0 radical (unpaired) electrons. The number of imidazole rings is 1. The monoisotopic (exact) mass is 441 g/mol. The number of benzene rings is 3. The Hall–Kier alpha value is -3.60. The second kappa shape index (κ2) is 11.9. The number of unbranched alkanes of at least 4 members (excludes halogenated alkanes) is 2. The van der Waals surface area contributed by atoms with Gasteiger partial charge in [-0.2, -0.15) is 0 Å². The van der Waals surface area contributed by atoms with Crippen LogP contribution in [-0.4, -0.2) is 28.6 Å². The van der Waals surface area contributed by atoms with Gasteiger partial charge in [-0.1, -0.05) is 55.0 Å². The summed E-state index contributed by atoms with van der Waals surface area (Å²) in [4.78, 5) is 17.0. The third-order valence-corrected chi connectivity index (χ3v) is 5.67. The highest BCUT2D eigenvalue weighted by atomic mass is 16.5. The maximum Gasteiger partial charge on any atom is 0.251 e. The number of carbonyl (C=O) groups excluding carboxylic acids is 1. The van der Waals surface area contributed by atoms with Crippen LogP contribution in [0, 0.1) is 0 Å². The molecule has 5 heteroatoms. The van der Waals surface area contributed by atoms with Crippen molar-refractivity contribution in [2.75, 3.05) is 13.2 Å². The van der Waals surface area contributed by atoms with Gasteiger partial charge in [0, 0.05) is 25.1 Å². The van der Waals surface area contributed by atoms with E-state index in [0.29, 0.717) is 18.7 Å². The first kappa shape index (κ1) is 22.6. The van der Waals surface area contributed by atoms with Crippen LogP contribution in [0.1, 0.15) is 41.9 Å². The minimum Gasteiger partial charge on any atom is -0.494 e. The maximum atomic E-state index is 12.1. The first-order valence-corrected chi connectivity index (χ1v) is 11.8. The molecule has 5 nitrogen and oxygen atoms in total. The molecule has 170 valence electrons. The molecule has 0 unspecified atom stereocenters. The smallest absolute Gasteiger partial charge is 0.251 e. The minimum absolute atomic E-state index is 0.00452. The van der Waals surface area contributed by atoms with Gasteiger partial charge < -0.3 is 14.6 Å². The number of nitrogens with one attached hydrogen (secondary N) is 1. The van der Waals surface area contributed by atoms with E-state index in [1.54, 1.807) is 0 Å². The molecule has 0 aliphatic heterocycles. The summed E-state index contributed by atoms with van der Waals surface area (Å²) in [5, 5.41) is 3.00. The van der Waals surface area contributed by atoms with Crippen LogP contribution in [0.25, 0.3) is 11.0 Å². The van der Waals surface area contributed by atoms with Gasteiger partial charge in [-0.05, 0) is 55.7 Å². The van der Waals surface area contributed by atoms with Crippen molar-refractivity contribution in [3.63, 3.8) is 0 Å². The SMILES string of the molecule is O=C(NCCCCCc1nc2ccccc2n1CCCOc1ccccc1)c1ccccc1. The van der Waals surface area contributed by atoms with E-state index in [1.807, 2.05) is 66.7 Å². The first-order chi connectivity index (χ1) is 16.3. The number of aromatic nitrogens is 2. The van der Waals surface area contributed by atoms with Crippen LogP contribution in [-0.2, 0) is 13.0 Å². The lowest BCUT2D eigenvalue weighted by Gasteiger charge is -2.11. The highest BCUT2D eigenvalue weighted by molar-refractivity contribution is 5.94. The van der Waals surface area contributed by atoms with Gasteiger partial charge in [0.15, 0.2) is 0 Å². The highest BCUT2D eigenvalue weighted by Crippen LogP contribution is 2.19. The molecule has 3 aromatic carbocycles. The summed E-state index contributed by atoms with van der Waals surface area (Å²) < 4.78 is 8.20. The van der Waals surface area contributed by atoms with Gasteiger partial charge in [-0.3, -0.25) is 4.79 Å². The Morgan fingerprint density at radius 1 is 0.818 bits per heavy atom. The summed E-state index contributed by atoms with van der Waals surface area (Å²) in [5.41, 5.74) is 2.94. The lowest BCUT2D eigenvalue weighted by Crippen LogP contribution is -2.24. The predicted octanol–water partition coefficient (Wildman–Crippen LogP) is 5.65. The fourth-order valence-electron chi connectivity index (χ4n) is 3.97. The Morgan fingerprint density at radius 2 is 1.55 bits per heavy atom. The van der Waals surface area contributed by atoms with E-state index < -0.39 is 0 Å². The number of rotatable bonds is 12. The number of nitrogens with zero attached hydrogens (tertiary/aromatic N) is 2. The molecule has 4 rings (SSSR count). The molecular formula is C28H31N3O2. The molecule has 1 heterocycles. The lowest BCUT2D eigenvalue weighted by atomic mass is 10.1. The molecule has 0 spiro atoms. The van der Waals surface area contributed by atoms with Crippen molar-refractivity contribution in [2.24, 2.45) is 0 Å². The van der Waals surface area contributed by atoms with Gasteiger partial charge in [0.25, 0.3) is 5.91 Å². The Morgan fingerprint density at radius 3 is 2.36 bits per heavy atom. The predicted molar refractivity (Wildman–Crippen MR) is 133 cm³/mol. The fraction of sp³-hybridized carbons (Fsp3) is 0.286. The van der Waals surface area contributed by atoms with E-state index in [1.165, 1.54) is 5.52 Å². The normalized spacial score (nSPS) is 10.9. The average molecular weight is 442 g/mol. The molecule has 0 atom stereocenters. The van der Waals surface area contributed by atoms with Gasteiger partial charge in [-0.15, -0.1) is 0 Å². The van der Waals surface area contributed by atoms with Crippen LogP contribution in [0.2, 0.25) is 0 Å². The topological polar surface area (TPSA) is 56.2 Å². The zero-order valence-corrected chi connectivity index (χ0v) is 19.0. The third-order valence-electron chi connectivity index (χ3n) is 5.67. The van der Waals surface area contributed by atoms with E-state index in [4.69, 9.17) is 9.72 Å². The van der Waals surface area contributed by atoms with E-state index >= 15 is 0 Å². The number of fused-ring (bicyclic) bond motifs is 1. The molecule has 0 saturated carbocycles. The van der Waals surface area contributed by atoms with Crippen LogP contribution >= 0.6 is 0 Å². The van der Waals surface area contributed by atoms with Crippen molar-refractivity contribution in [3.8, 4) is 5.75 Å². The molecule has 0 saturated heterocycles. The van der Waals surface area contributed by atoms with E-state index in [-0.39, 0.29) is 5.91 Å². The quantitative estimate of drug-likeness (QED) is 0.289. The second-order valence-electron chi connectivity index (χ2n) is 8.12. The number of amides is 1. The fourth-order valence-corrected chi connectivity index (χ4v) is 3.97. The van der Waals surface area contributed by atoms with Crippen LogP contribution in [0.4, 0.5) is 0 Å². The molecular weight excluding hydrogens is 410 g/mol. The second-order valence-corrected chi connectivity index (χ2v) is 8.12. The van der Waals surface area contributed by atoms with Crippen LogP contribution in [0.5, 0.6) is 5.75 Å². The third kappa shape index (κ3) is 6.45. The number of ether oxygens (including phenoxy) is 1. The lowest BCUT2D eigenvalue weighted by molar-refractivity contribution is 0.0953. The van der Waals surface area contributed by atoms with Crippen LogP contribution in [0.15, 0.2) is 84.9 Å². The number of hydrogen-bond donors (Lipinski definition) is 1. The van der Waals surface area contributed by atoms with Crippen LogP contribution < -0.4 is 10.1 Å². The Labute approximate surface area is 195 Å². The standard InChI is InChI=1S/C28H31N3O2/c32-28(23-13-4-1-5-14-23)29-20-11-3-8-19-27-30-25-17-9-10-18-26(25)31(27)21-12-22-33-24-15-6-2-7-16-24/h1-2,4-7,9-10,13-18H,3,8,11-12,19-22H2,(H,29,32). The summed E-state index contributed by atoms with van der Waals surface area (Å²) in [6.07, 6.45) is 4.92. The van der Waals surface area contributed by atoms with Gasteiger partial charge in [0.05, 0.1) is 17.6 Å². The van der Waals surface area contributed by atoms with Crippen molar-refractivity contribution in [1.29, 1.82) is 0 Å². The number of para-hydroxylation sites is 3. The van der Waals surface area contributed by atoms with E-state index in [9.17, 15) is 4.79 Å². The Bertz CT molecular complexity index is 1140. The summed E-state index contributed by atoms with van der Waals surface area (Å²) in [7, 11) is 0. The van der Waals surface area contributed by atoms with Gasteiger partial charge in [0.2, 0.25) is 0 Å². The van der Waals surface area contributed by atoms with Crippen molar-refractivity contribution in [1.82, 2.24) is 14.9 Å². The molecule has 1 N–H and O–H groups in total. The minimum atomic E-state index is -0.00452. The highest BCUT2D eigenvalue weighted by Gasteiger charge is 2.10. The van der Waals surface area contributed by atoms with Crippen molar-refractivity contribution >= 4 is 16.9 Å². The number of carbonyl (C=O) groups is 1. The zero-order chi connectivity index (χ0) is 22.7. The molecule has 0 aliphatic rings. The van der Waals surface area contributed by atoms with Gasteiger partial charge in [0.1, 0.15) is 11.6 Å². The number of aryl methyl sites for hydroxylation is 2. The summed E-state index contributed by atoms with van der Waals surface area (Å²) >= 11 is 0. The zero-order valence-electron chi connectivity index (χ0n) is 19.0. The molecule has 4 aromatic rings. The summed E-state index contributed by atoms with van der Waals surface area (Å²) in [6, 6.07) is 27.6. The molecule has 0 fully saturated rings. The van der Waals surface area contributed by atoms with Crippen molar-refractivity contribution in [3.05, 3.63) is 96.3 Å². The Kier molecular flexibility index (Phi) is 8.12. The van der Waals surface area contributed by atoms with Gasteiger partial charge in [-0.25, -0.2) is 4.98 Å². The van der Waals surface area contributed by atoms with Crippen molar-refractivity contribution < 1.29 is 9.53 Å². The van der Waals surface area contributed by atoms with Crippen molar-refractivity contribution in [2.45, 2.75) is 38.6 Å². The molecule has 1 aromatic heterocycles. The molecule has 0 aliphatic carbocycles. The maximum absolute atomic E-state index is 12.1. The molecule has 33 heavy (non-hydrogen) atoms. The number of hydrogen-bond acceptors (Lipinski definition) is 3. The largest absolute Gasteiger partial charge is 0.494 e. The van der Waals surface area contributed by atoms with Gasteiger partial charge >= 0.3 is 0 Å². The molecule has 1 amide bonds. The average Bonchev–Trinajstić information content (AvgIpc) is 3.22. The van der Waals surface area contributed by atoms with E-state index in [0.717, 1.165) is 55.7 Å². The first-order valence-electron chi connectivity index (χ1n) is 11.8. The Balaban J connectivity index is 1.24. The molecule has 0 bridgehead atoms. The van der Waals surface area contributed by atoms with E-state index in [2.05, 4.69) is 28.1 Å².